The Bertz CT molecular complexity index is 1480. The standard InChI is InChI=1S/C31H30N2O5/c1-20(25-13-7-10-22-9-3-4-12-26(22)25)32-31(37)27-19-24(18-17-23(27)11-8-16-30(35)36)38-29-15-6-5-14-28(29)33-21(2)34/h3-7,9-10,12-15,17-20H,8,11,16H2,1-2H3,(H,32,37)(H,33,34)(H,35,36)/t20-/m1/s1. The number of para-hydroxylation sites is 2. The summed E-state index contributed by atoms with van der Waals surface area (Å²) in [4.78, 5) is 36.2. The molecule has 38 heavy (non-hydrogen) atoms. The molecule has 4 rings (SSSR count). The fourth-order valence-corrected chi connectivity index (χ4v) is 4.43. The van der Waals surface area contributed by atoms with E-state index in [0.29, 0.717) is 35.6 Å². The van der Waals surface area contributed by atoms with Gasteiger partial charge in [-0.05, 0) is 65.9 Å². The molecule has 0 saturated heterocycles. The van der Waals surface area contributed by atoms with Gasteiger partial charge in [-0.1, -0.05) is 60.7 Å². The molecule has 4 aromatic carbocycles. The summed E-state index contributed by atoms with van der Waals surface area (Å²) in [6.07, 6.45) is 0.844. The minimum Gasteiger partial charge on any atom is -0.481 e. The van der Waals surface area contributed by atoms with Crippen LogP contribution in [0.4, 0.5) is 5.69 Å². The van der Waals surface area contributed by atoms with E-state index in [9.17, 15) is 14.4 Å². The number of aliphatic carboxylic acids is 1. The summed E-state index contributed by atoms with van der Waals surface area (Å²) in [7, 11) is 0. The molecule has 4 aromatic rings. The molecule has 0 unspecified atom stereocenters. The Hall–Kier alpha value is -4.65. The van der Waals surface area contributed by atoms with Crippen molar-refractivity contribution in [2.45, 2.75) is 39.2 Å². The van der Waals surface area contributed by atoms with Gasteiger partial charge in [0, 0.05) is 18.9 Å². The molecule has 0 aliphatic heterocycles. The summed E-state index contributed by atoms with van der Waals surface area (Å²) in [5.41, 5.74) is 2.66. The number of rotatable bonds is 10. The van der Waals surface area contributed by atoms with Gasteiger partial charge in [-0.15, -0.1) is 0 Å². The van der Waals surface area contributed by atoms with Gasteiger partial charge in [0.05, 0.1) is 11.7 Å². The highest BCUT2D eigenvalue weighted by Gasteiger charge is 2.18. The Labute approximate surface area is 221 Å². The fourth-order valence-electron chi connectivity index (χ4n) is 4.43. The Morgan fingerprint density at radius 2 is 1.66 bits per heavy atom. The van der Waals surface area contributed by atoms with Crippen LogP contribution in [0.1, 0.15) is 54.2 Å². The van der Waals surface area contributed by atoms with Crippen LogP contribution in [0.2, 0.25) is 0 Å². The van der Waals surface area contributed by atoms with Gasteiger partial charge in [-0.25, -0.2) is 0 Å². The van der Waals surface area contributed by atoms with E-state index in [1.165, 1.54) is 6.92 Å². The number of anilines is 1. The van der Waals surface area contributed by atoms with Crippen LogP contribution in [0, 0.1) is 0 Å². The largest absolute Gasteiger partial charge is 0.481 e. The molecule has 0 saturated carbocycles. The second-order valence-electron chi connectivity index (χ2n) is 9.11. The molecule has 1 atom stereocenters. The number of amides is 2. The van der Waals surface area contributed by atoms with Gasteiger partial charge >= 0.3 is 5.97 Å². The first-order chi connectivity index (χ1) is 18.3. The van der Waals surface area contributed by atoms with Gasteiger partial charge in [-0.2, -0.15) is 0 Å². The van der Waals surface area contributed by atoms with Crippen LogP contribution in [0.3, 0.4) is 0 Å². The van der Waals surface area contributed by atoms with Crippen LogP contribution >= 0.6 is 0 Å². The van der Waals surface area contributed by atoms with E-state index >= 15 is 0 Å². The van der Waals surface area contributed by atoms with Crippen molar-refractivity contribution in [2.24, 2.45) is 0 Å². The van der Waals surface area contributed by atoms with Crippen LogP contribution in [-0.4, -0.2) is 22.9 Å². The minimum atomic E-state index is -0.880. The van der Waals surface area contributed by atoms with E-state index in [2.05, 4.69) is 10.6 Å². The van der Waals surface area contributed by atoms with Crippen LogP contribution in [0.15, 0.2) is 84.9 Å². The zero-order valence-corrected chi connectivity index (χ0v) is 21.4. The third-order valence-corrected chi connectivity index (χ3v) is 6.23. The van der Waals surface area contributed by atoms with Crippen molar-refractivity contribution in [3.05, 3.63) is 102 Å². The summed E-state index contributed by atoms with van der Waals surface area (Å²) < 4.78 is 6.06. The van der Waals surface area contributed by atoms with Crippen LogP contribution in [0.25, 0.3) is 10.8 Å². The Morgan fingerprint density at radius 3 is 2.45 bits per heavy atom. The number of benzene rings is 4. The fraction of sp³-hybridized carbons (Fsp3) is 0.194. The maximum Gasteiger partial charge on any atom is 0.303 e. The van der Waals surface area contributed by atoms with Crippen LogP contribution in [-0.2, 0) is 16.0 Å². The van der Waals surface area contributed by atoms with E-state index in [0.717, 1.165) is 21.9 Å². The second-order valence-corrected chi connectivity index (χ2v) is 9.11. The lowest BCUT2D eigenvalue weighted by Gasteiger charge is -2.19. The lowest BCUT2D eigenvalue weighted by atomic mass is 9.98. The summed E-state index contributed by atoms with van der Waals surface area (Å²) >= 11 is 0. The minimum absolute atomic E-state index is 0.00973. The second kappa shape index (κ2) is 12.1. The van der Waals surface area contributed by atoms with Crippen LogP contribution in [0.5, 0.6) is 11.5 Å². The average molecular weight is 511 g/mol. The molecule has 0 heterocycles. The number of nitrogens with one attached hydrogen (secondary N) is 2. The van der Waals surface area contributed by atoms with Crippen molar-refractivity contribution in [1.82, 2.24) is 5.32 Å². The van der Waals surface area contributed by atoms with E-state index in [1.54, 1.807) is 42.5 Å². The van der Waals surface area contributed by atoms with E-state index < -0.39 is 5.97 Å². The van der Waals surface area contributed by atoms with Gasteiger partial charge in [0.2, 0.25) is 5.91 Å². The molecule has 0 aliphatic rings. The monoisotopic (exact) mass is 510 g/mol. The van der Waals surface area contributed by atoms with E-state index in [-0.39, 0.29) is 24.3 Å². The van der Waals surface area contributed by atoms with Crippen molar-refractivity contribution in [3.63, 3.8) is 0 Å². The third-order valence-electron chi connectivity index (χ3n) is 6.23. The van der Waals surface area contributed by atoms with Crippen LogP contribution < -0.4 is 15.4 Å². The lowest BCUT2D eigenvalue weighted by molar-refractivity contribution is -0.137. The number of ether oxygens (including phenoxy) is 1. The van der Waals surface area contributed by atoms with Gasteiger partial charge in [0.1, 0.15) is 5.75 Å². The predicted molar refractivity (Wildman–Crippen MR) is 148 cm³/mol. The first kappa shape index (κ1) is 26.4. The number of hydrogen-bond acceptors (Lipinski definition) is 4. The summed E-state index contributed by atoms with van der Waals surface area (Å²) in [6.45, 7) is 3.36. The average Bonchev–Trinajstić information content (AvgIpc) is 2.89. The Balaban J connectivity index is 1.62. The van der Waals surface area contributed by atoms with E-state index in [4.69, 9.17) is 9.84 Å². The lowest BCUT2D eigenvalue weighted by Crippen LogP contribution is -2.27. The quantitative estimate of drug-likeness (QED) is 0.226. The molecular weight excluding hydrogens is 480 g/mol. The Morgan fingerprint density at radius 1 is 0.921 bits per heavy atom. The number of hydrogen-bond donors (Lipinski definition) is 3. The normalized spacial score (nSPS) is 11.5. The van der Waals surface area contributed by atoms with Crippen molar-refractivity contribution in [2.75, 3.05) is 5.32 Å². The molecule has 194 valence electrons. The number of aryl methyl sites for hydroxylation is 1. The number of carboxylic acids is 1. The summed E-state index contributed by atoms with van der Waals surface area (Å²) in [5, 5.41) is 17.1. The molecule has 0 aromatic heterocycles. The Kier molecular flexibility index (Phi) is 8.38. The van der Waals surface area contributed by atoms with Gasteiger partial charge in [0.25, 0.3) is 5.91 Å². The highest BCUT2D eigenvalue weighted by atomic mass is 16.5. The van der Waals surface area contributed by atoms with E-state index in [1.807, 2.05) is 49.4 Å². The maximum absolute atomic E-state index is 13.6. The molecule has 7 heteroatoms. The highest BCUT2D eigenvalue weighted by molar-refractivity contribution is 5.97. The molecule has 7 nitrogen and oxygen atoms in total. The maximum atomic E-state index is 13.6. The molecule has 0 aliphatic carbocycles. The molecule has 2 amide bonds. The molecule has 0 spiro atoms. The molecular formula is C31H30N2O5. The first-order valence-electron chi connectivity index (χ1n) is 12.5. The number of carboxylic acid groups (broad SMARTS) is 1. The highest BCUT2D eigenvalue weighted by Crippen LogP contribution is 2.31. The molecule has 3 N–H and O–H groups in total. The predicted octanol–water partition coefficient (Wildman–Crippen LogP) is 6.49. The summed E-state index contributed by atoms with van der Waals surface area (Å²) in [5.74, 6) is -0.520. The number of carbonyl (C=O) groups is 3. The zero-order valence-electron chi connectivity index (χ0n) is 21.4. The molecule has 0 radical (unpaired) electrons. The number of carbonyl (C=O) groups excluding carboxylic acids is 2. The van der Waals surface area contributed by atoms with Gasteiger partial charge < -0.3 is 20.5 Å². The number of fused-ring (bicyclic) bond motifs is 1. The first-order valence-corrected chi connectivity index (χ1v) is 12.5. The van der Waals surface area contributed by atoms with Gasteiger partial charge in [-0.3, -0.25) is 14.4 Å². The summed E-state index contributed by atoms with van der Waals surface area (Å²) in [6, 6.07) is 26.0. The van der Waals surface area contributed by atoms with Crippen molar-refractivity contribution >= 4 is 34.2 Å². The van der Waals surface area contributed by atoms with Crippen molar-refractivity contribution in [3.8, 4) is 11.5 Å². The SMILES string of the molecule is CC(=O)Nc1ccccc1Oc1ccc(CCCC(=O)O)c(C(=O)N[C@H](C)c2cccc3ccccc23)c1. The molecule has 0 bridgehead atoms. The third kappa shape index (κ3) is 6.56. The van der Waals surface area contributed by atoms with Gasteiger partial charge in [0.15, 0.2) is 5.75 Å². The van der Waals surface area contributed by atoms with Crippen molar-refractivity contribution < 1.29 is 24.2 Å². The zero-order chi connectivity index (χ0) is 27.1. The van der Waals surface area contributed by atoms with Crippen molar-refractivity contribution in [1.29, 1.82) is 0 Å². The smallest absolute Gasteiger partial charge is 0.303 e. The topological polar surface area (TPSA) is 105 Å². The molecule has 0 fully saturated rings.